The lowest BCUT2D eigenvalue weighted by Gasteiger charge is -2.12. The van der Waals surface area contributed by atoms with Crippen molar-refractivity contribution in [3.05, 3.63) is 0 Å². The number of carbonyl (C=O) groups is 2. The molecule has 0 radical (unpaired) electrons. The maximum absolute atomic E-state index is 10.8. The molecule has 0 aliphatic heterocycles. The lowest BCUT2D eigenvalue weighted by molar-refractivity contribution is -0.126. The summed E-state index contributed by atoms with van der Waals surface area (Å²) >= 11 is 0. The SMILES string of the molecule is CCC(=O)N[C@@H](CC)C(C)=O. The summed E-state index contributed by atoms with van der Waals surface area (Å²) in [6.45, 7) is 5.13. The molecule has 1 amide bonds. The summed E-state index contributed by atoms with van der Waals surface area (Å²) in [7, 11) is 0. The van der Waals surface area contributed by atoms with Crippen LogP contribution in [-0.4, -0.2) is 17.7 Å². The lowest BCUT2D eigenvalue weighted by Crippen LogP contribution is -2.38. The van der Waals surface area contributed by atoms with E-state index in [0.29, 0.717) is 12.8 Å². The molecule has 0 saturated heterocycles. The second-order valence-corrected chi connectivity index (χ2v) is 2.49. The number of carbonyl (C=O) groups excluding carboxylic acids is 2. The minimum absolute atomic E-state index is 0.0225. The quantitative estimate of drug-likeness (QED) is 0.658. The molecule has 11 heavy (non-hydrogen) atoms. The Morgan fingerprint density at radius 2 is 1.91 bits per heavy atom. The Labute approximate surface area is 67.2 Å². The second kappa shape index (κ2) is 4.88. The van der Waals surface area contributed by atoms with Crippen LogP contribution in [0.1, 0.15) is 33.6 Å². The van der Waals surface area contributed by atoms with Crippen molar-refractivity contribution in [2.24, 2.45) is 0 Å². The van der Waals surface area contributed by atoms with Crippen LogP contribution in [0.25, 0.3) is 0 Å². The number of ketones is 1. The Balaban J connectivity index is 3.88. The molecule has 3 heteroatoms. The normalized spacial score (nSPS) is 12.3. The fraction of sp³-hybridized carbons (Fsp3) is 0.750. The molecule has 0 aromatic carbocycles. The minimum atomic E-state index is -0.289. The van der Waals surface area contributed by atoms with Crippen LogP contribution >= 0.6 is 0 Å². The third-order valence-corrected chi connectivity index (χ3v) is 1.56. The van der Waals surface area contributed by atoms with E-state index in [1.165, 1.54) is 6.92 Å². The topological polar surface area (TPSA) is 46.2 Å². The summed E-state index contributed by atoms with van der Waals surface area (Å²) in [5, 5.41) is 2.63. The standard InChI is InChI=1S/C8H15NO2/c1-4-7(6(3)10)9-8(11)5-2/h7H,4-5H2,1-3H3,(H,9,11)/t7-/m0/s1. The van der Waals surface area contributed by atoms with Gasteiger partial charge in [0.25, 0.3) is 0 Å². The van der Waals surface area contributed by atoms with Crippen molar-refractivity contribution < 1.29 is 9.59 Å². The number of amides is 1. The van der Waals surface area contributed by atoms with Crippen LogP contribution in [0.15, 0.2) is 0 Å². The van der Waals surface area contributed by atoms with E-state index >= 15 is 0 Å². The second-order valence-electron chi connectivity index (χ2n) is 2.49. The predicted molar refractivity (Wildman–Crippen MR) is 43.2 cm³/mol. The van der Waals surface area contributed by atoms with Crippen molar-refractivity contribution in [1.82, 2.24) is 5.32 Å². The van der Waals surface area contributed by atoms with Gasteiger partial charge in [-0.15, -0.1) is 0 Å². The van der Waals surface area contributed by atoms with Gasteiger partial charge >= 0.3 is 0 Å². The summed E-state index contributed by atoms with van der Waals surface area (Å²) in [5.41, 5.74) is 0. The third kappa shape index (κ3) is 3.75. The van der Waals surface area contributed by atoms with Crippen LogP contribution in [0.2, 0.25) is 0 Å². The molecule has 0 aliphatic carbocycles. The monoisotopic (exact) mass is 157 g/mol. The molecule has 0 heterocycles. The smallest absolute Gasteiger partial charge is 0.220 e. The highest BCUT2D eigenvalue weighted by Crippen LogP contribution is 1.92. The van der Waals surface area contributed by atoms with Crippen LogP contribution in [0, 0.1) is 0 Å². The predicted octanol–water partition coefficient (Wildman–Crippen LogP) is 0.880. The molecule has 64 valence electrons. The zero-order chi connectivity index (χ0) is 8.85. The van der Waals surface area contributed by atoms with Crippen molar-refractivity contribution in [1.29, 1.82) is 0 Å². The van der Waals surface area contributed by atoms with E-state index < -0.39 is 0 Å². The number of hydrogen-bond donors (Lipinski definition) is 1. The van der Waals surface area contributed by atoms with Crippen molar-refractivity contribution in [2.45, 2.75) is 39.7 Å². The highest BCUT2D eigenvalue weighted by Gasteiger charge is 2.12. The maximum atomic E-state index is 10.8. The van der Waals surface area contributed by atoms with E-state index in [-0.39, 0.29) is 17.7 Å². The number of rotatable bonds is 4. The van der Waals surface area contributed by atoms with Gasteiger partial charge in [-0.2, -0.15) is 0 Å². The van der Waals surface area contributed by atoms with E-state index in [4.69, 9.17) is 0 Å². The van der Waals surface area contributed by atoms with Crippen molar-refractivity contribution in [3.8, 4) is 0 Å². The molecule has 0 fully saturated rings. The number of hydrogen-bond acceptors (Lipinski definition) is 2. The van der Waals surface area contributed by atoms with Crippen molar-refractivity contribution in [3.63, 3.8) is 0 Å². The van der Waals surface area contributed by atoms with E-state index in [1.54, 1.807) is 6.92 Å². The number of nitrogens with one attached hydrogen (secondary N) is 1. The summed E-state index contributed by atoms with van der Waals surface area (Å²) < 4.78 is 0. The van der Waals surface area contributed by atoms with Gasteiger partial charge in [-0.25, -0.2) is 0 Å². The van der Waals surface area contributed by atoms with E-state index in [2.05, 4.69) is 5.32 Å². The fourth-order valence-electron chi connectivity index (χ4n) is 0.788. The Morgan fingerprint density at radius 3 is 2.18 bits per heavy atom. The largest absolute Gasteiger partial charge is 0.346 e. The van der Waals surface area contributed by atoms with E-state index in [9.17, 15) is 9.59 Å². The third-order valence-electron chi connectivity index (χ3n) is 1.56. The molecule has 0 bridgehead atoms. The van der Waals surface area contributed by atoms with Crippen LogP contribution in [0.4, 0.5) is 0 Å². The molecular weight excluding hydrogens is 142 g/mol. The average Bonchev–Trinajstić information content (AvgIpc) is 1.99. The molecule has 0 aromatic rings. The molecule has 3 nitrogen and oxygen atoms in total. The first-order valence-electron chi connectivity index (χ1n) is 3.91. The maximum Gasteiger partial charge on any atom is 0.220 e. The highest BCUT2D eigenvalue weighted by molar-refractivity contribution is 5.87. The molecule has 1 N–H and O–H groups in total. The molecule has 0 spiro atoms. The van der Waals surface area contributed by atoms with Crippen molar-refractivity contribution >= 4 is 11.7 Å². The van der Waals surface area contributed by atoms with Gasteiger partial charge in [-0.05, 0) is 13.3 Å². The van der Waals surface area contributed by atoms with Gasteiger partial charge in [-0.3, -0.25) is 9.59 Å². The van der Waals surface area contributed by atoms with Crippen LogP contribution < -0.4 is 5.32 Å². The average molecular weight is 157 g/mol. The summed E-state index contributed by atoms with van der Waals surface area (Å²) in [5.74, 6) is -0.0404. The first-order chi connectivity index (χ1) is 5.11. The molecule has 0 rings (SSSR count). The van der Waals surface area contributed by atoms with Gasteiger partial charge in [-0.1, -0.05) is 13.8 Å². The van der Waals surface area contributed by atoms with Gasteiger partial charge < -0.3 is 5.32 Å². The summed E-state index contributed by atoms with van der Waals surface area (Å²) in [4.78, 5) is 21.6. The Hall–Kier alpha value is -0.860. The molecule has 0 unspecified atom stereocenters. The van der Waals surface area contributed by atoms with Crippen LogP contribution in [0.3, 0.4) is 0 Å². The fourth-order valence-corrected chi connectivity index (χ4v) is 0.788. The first-order valence-corrected chi connectivity index (χ1v) is 3.91. The highest BCUT2D eigenvalue weighted by atomic mass is 16.2. The molecule has 0 aliphatic rings. The zero-order valence-electron chi connectivity index (χ0n) is 7.31. The van der Waals surface area contributed by atoms with Crippen LogP contribution in [0.5, 0.6) is 0 Å². The Bertz CT molecular complexity index is 154. The summed E-state index contributed by atoms with van der Waals surface area (Å²) in [6, 6.07) is -0.289. The zero-order valence-corrected chi connectivity index (χ0v) is 7.31. The van der Waals surface area contributed by atoms with Gasteiger partial charge in [0.1, 0.15) is 0 Å². The van der Waals surface area contributed by atoms with Gasteiger partial charge in [0, 0.05) is 6.42 Å². The van der Waals surface area contributed by atoms with Crippen molar-refractivity contribution in [2.75, 3.05) is 0 Å². The van der Waals surface area contributed by atoms with Gasteiger partial charge in [0.2, 0.25) is 5.91 Å². The molecule has 0 saturated carbocycles. The Morgan fingerprint density at radius 1 is 1.36 bits per heavy atom. The van der Waals surface area contributed by atoms with Gasteiger partial charge in [0.05, 0.1) is 6.04 Å². The minimum Gasteiger partial charge on any atom is -0.346 e. The van der Waals surface area contributed by atoms with Crippen LogP contribution in [-0.2, 0) is 9.59 Å². The number of Topliss-reactive ketones (excluding diaryl/α,β-unsaturated/α-hetero) is 1. The Kier molecular flexibility index (Phi) is 4.50. The molecule has 1 atom stereocenters. The lowest BCUT2D eigenvalue weighted by atomic mass is 10.1. The molecule has 0 aromatic heterocycles. The van der Waals surface area contributed by atoms with E-state index in [0.717, 1.165) is 0 Å². The summed E-state index contributed by atoms with van der Waals surface area (Å²) in [6.07, 6.45) is 1.10. The van der Waals surface area contributed by atoms with Gasteiger partial charge in [0.15, 0.2) is 5.78 Å². The van der Waals surface area contributed by atoms with E-state index in [1.807, 2.05) is 6.92 Å². The molecular formula is C8H15NO2. The first kappa shape index (κ1) is 10.1.